The van der Waals surface area contributed by atoms with Gasteiger partial charge in [0.25, 0.3) is 5.56 Å². The minimum atomic E-state index is -0.908. The summed E-state index contributed by atoms with van der Waals surface area (Å²) in [5, 5.41) is 10.7. The van der Waals surface area contributed by atoms with Crippen molar-refractivity contribution in [2.75, 3.05) is 20.0 Å². The monoisotopic (exact) mass is 446 g/mol. The number of hydrogen-bond acceptors (Lipinski definition) is 9. The highest BCUT2D eigenvalue weighted by atomic mass is 32.1. The Hall–Kier alpha value is -2.95. The summed E-state index contributed by atoms with van der Waals surface area (Å²) >= 11 is 1.13. The van der Waals surface area contributed by atoms with Gasteiger partial charge in [0.1, 0.15) is 9.71 Å². The number of aliphatic hydroxyl groups is 1. The van der Waals surface area contributed by atoms with Crippen molar-refractivity contribution in [3.63, 3.8) is 0 Å². The van der Waals surface area contributed by atoms with E-state index in [4.69, 9.17) is 18.9 Å². The molecule has 10 heteroatoms. The lowest BCUT2D eigenvalue weighted by Crippen LogP contribution is -2.29. The molecule has 2 aromatic heterocycles. The molecule has 0 unspecified atom stereocenters. The van der Waals surface area contributed by atoms with Gasteiger partial charge in [0, 0.05) is 0 Å². The number of fused-ring (bicyclic) bond motifs is 2. The number of carbonyl (C=O) groups excluding carboxylic acids is 1. The number of thiophene rings is 1. The number of hydrogen-bond donors (Lipinski definition) is 1. The first-order valence-corrected chi connectivity index (χ1v) is 10.6. The van der Waals surface area contributed by atoms with E-state index in [0.717, 1.165) is 16.9 Å². The van der Waals surface area contributed by atoms with Gasteiger partial charge in [-0.3, -0.25) is 9.36 Å². The van der Waals surface area contributed by atoms with Crippen molar-refractivity contribution in [2.45, 2.75) is 33.1 Å². The van der Waals surface area contributed by atoms with Gasteiger partial charge in [-0.25, -0.2) is 9.78 Å². The highest BCUT2D eigenvalue weighted by molar-refractivity contribution is 7.20. The van der Waals surface area contributed by atoms with Crippen LogP contribution in [-0.4, -0.2) is 46.7 Å². The van der Waals surface area contributed by atoms with Crippen molar-refractivity contribution in [1.82, 2.24) is 9.55 Å². The van der Waals surface area contributed by atoms with Crippen molar-refractivity contribution in [2.24, 2.45) is 0 Å². The van der Waals surface area contributed by atoms with Crippen molar-refractivity contribution in [3.8, 4) is 11.5 Å². The molecule has 0 bridgehead atoms. The fraction of sp³-hybridized carbons (Fsp3) is 0.381. The molecule has 1 N–H and O–H groups in total. The van der Waals surface area contributed by atoms with Gasteiger partial charge in [-0.1, -0.05) is 6.07 Å². The number of aliphatic hydroxyl groups excluding tert-OH is 1. The molecule has 3 heterocycles. The molecule has 1 aliphatic rings. The number of nitrogens with zero attached hydrogens (tertiary/aromatic N) is 2. The SMILES string of the molecule is CCOC(=O)c1sc2ncn(C[C@@H](O)COCc3ccc4c(c3)OCO4)c(=O)c2c1C. The first-order chi connectivity index (χ1) is 15.0. The van der Waals surface area contributed by atoms with Crippen LogP contribution in [0.25, 0.3) is 10.2 Å². The highest BCUT2D eigenvalue weighted by Crippen LogP contribution is 2.32. The van der Waals surface area contributed by atoms with Crippen LogP contribution < -0.4 is 15.0 Å². The Morgan fingerprint density at radius 1 is 1.35 bits per heavy atom. The molecule has 0 saturated heterocycles. The second-order valence-corrected chi connectivity index (χ2v) is 8.01. The number of esters is 1. The van der Waals surface area contributed by atoms with E-state index in [2.05, 4.69) is 4.98 Å². The maximum atomic E-state index is 12.9. The van der Waals surface area contributed by atoms with Crippen LogP contribution in [0.1, 0.15) is 27.7 Å². The number of aryl methyl sites for hydroxylation is 1. The standard InChI is InChI=1S/C21H22N2O7S/c1-3-28-21(26)18-12(2)17-19(31-18)22-10-23(20(17)25)7-14(24)9-27-8-13-4-5-15-16(6-13)30-11-29-15/h4-6,10,14,24H,3,7-9,11H2,1-2H3/t14-/m1/s1. The molecule has 0 amide bonds. The molecule has 0 radical (unpaired) electrons. The lowest BCUT2D eigenvalue weighted by Gasteiger charge is -2.13. The summed E-state index contributed by atoms with van der Waals surface area (Å²) in [6.45, 7) is 4.22. The van der Waals surface area contributed by atoms with Gasteiger partial charge in [0.05, 0.1) is 44.2 Å². The molecule has 0 spiro atoms. The molecule has 0 saturated carbocycles. The van der Waals surface area contributed by atoms with Crippen LogP contribution in [0, 0.1) is 6.92 Å². The summed E-state index contributed by atoms with van der Waals surface area (Å²) in [6, 6.07) is 5.51. The van der Waals surface area contributed by atoms with E-state index in [9.17, 15) is 14.7 Å². The number of rotatable bonds is 8. The molecule has 1 aromatic carbocycles. The van der Waals surface area contributed by atoms with Crippen LogP contribution in [0.5, 0.6) is 11.5 Å². The first kappa shape index (κ1) is 21.3. The molecule has 4 rings (SSSR count). The lowest BCUT2D eigenvalue weighted by molar-refractivity contribution is 0.0198. The lowest BCUT2D eigenvalue weighted by atomic mass is 10.2. The van der Waals surface area contributed by atoms with Crippen LogP contribution in [0.2, 0.25) is 0 Å². The van der Waals surface area contributed by atoms with Gasteiger partial charge in [0.2, 0.25) is 6.79 Å². The third-order valence-electron chi connectivity index (χ3n) is 4.80. The largest absolute Gasteiger partial charge is 0.462 e. The summed E-state index contributed by atoms with van der Waals surface area (Å²) in [7, 11) is 0. The second-order valence-electron chi connectivity index (χ2n) is 7.02. The third-order valence-corrected chi connectivity index (χ3v) is 5.98. The quantitative estimate of drug-likeness (QED) is 0.525. The topological polar surface area (TPSA) is 109 Å². The van der Waals surface area contributed by atoms with Gasteiger partial charge in [0.15, 0.2) is 11.5 Å². The summed E-state index contributed by atoms with van der Waals surface area (Å²) in [4.78, 5) is 30.1. The Bertz CT molecular complexity index is 1170. The zero-order valence-corrected chi connectivity index (χ0v) is 17.9. The van der Waals surface area contributed by atoms with E-state index >= 15 is 0 Å². The number of carbonyl (C=O) groups is 1. The summed E-state index contributed by atoms with van der Waals surface area (Å²) < 4.78 is 22.6. The van der Waals surface area contributed by atoms with E-state index in [1.54, 1.807) is 13.8 Å². The first-order valence-electron chi connectivity index (χ1n) is 9.78. The van der Waals surface area contributed by atoms with Crippen molar-refractivity contribution in [1.29, 1.82) is 0 Å². The number of aromatic nitrogens is 2. The molecule has 3 aromatic rings. The van der Waals surface area contributed by atoms with E-state index < -0.39 is 12.1 Å². The molecule has 1 aliphatic heterocycles. The van der Waals surface area contributed by atoms with Gasteiger partial charge < -0.3 is 24.1 Å². The van der Waals surface area contributed by atoms with E-state index in [0.29, 0.717) is 32.2 Å². The normalized spacial score (nSPS) is 13.5. The maximum Gasteiger partial charge on any atom is 0.348 e. The minimum Gasteiger partial charge on any atom is -0.462 e. The van der Waals surface area contributed by atoms with Crippen molar-refractivity contribution >= 4 is 27.5 Å². The predicted octanol–water partition coefficient (Wildman–Crippen LogP) is 2.25. The molecule has 9 nitrogen and oxygen atoms in total. The Kier molecular flexibility index (Phi) is 6.21. The average molecular weight is 446 g/mol. The van der Waals surface area contributed by atoms with Crippen LogP contribution in [0.15, 0.2) is 29.3 Å². The zero-order chi connectivity index (χ0) is 22.0. The van der Waals surface area contributed by atoms with Gasteiger partial charge in [-0.05, 0) is 37.1 Å². The smallest absolute Gasteiger partial charge is 0.348 e. The molecular weight excluding hydrogens is 424 g/mol. The van der Waals surface area contributed by atoms with Gasteiger partial charge in [-0.2, -0.15) is 0 Å². The summed E-state index contributed by atoms with van der Waals surface area (Å²) in [6.07, 6.45) is 0.464. The Labute approximate surface area is 181 Å². The van der Waals surface area contributed by atoms with E-state index in [1.165, 1.54) is 10.9 Å². The van der Waals surface area contributed by atoms with E-state index in [-0.39, 0.29) is 38.7 Å². The Balaban J connectivity index is 1.40. The van der Waals surface area contributed by atoms with E-state index in [1.807, 2.05) is 18.2 Å². The molecule has 0 fully saturated rings. The predicted molar refractivity (Wildman–Crippen MR) is 113 cm³/mol. The van der Waals surface area contributed by atoms with Crippen LogP contribution in [0.4, 0.5) is 0 Å². The third kappa shape index (κ3) is 4.41. The molecule has 1 atom stereocenters. The Morgan fingerprint density at radius 3 is 2.97 bits per heavy atom. The summed E-state index contributed by atoms with van der Waals surface area (Å²) in [5.41, 5.74) is 1.11. The Morgan fingerprint density at radius 2 is 2.16 bits per heavy atom. The van der Waals surface area contributed by atoms with Crippen LogP contribution in [0.3, 0.4) is 0 Å². The number of benzene rings is 1. The van der Waals surface area contributed by atoms with Crippen LogP contribution in [-0.2, 0) is 22.6 Å². The van der Waals surface area contributed by atoms with Crippen LogP contribution >= 0.6 is 11.3 Å². The molecular formula is C21H22N2O7S. The van der Waals surface area contributed by atoms with Crippen molar-refractivity contribution < 1.29 is 28.8 Å². The van der Waals surface area contributed by atoms with Crippen molar-refractivity contribution in [3.05, 3.63) is 50.9 Å². The maximum absolute atomic E-state index is 12.9. The fourth-order valence-electron chi connectivity index (χ4n) is 3.30. The molecule has 164 valence electrons. The van der Waals surface area contributed by atoms with Gasteiger partial charge >= 0.3 is 5.97 Å². The average Bonchev–Trinajstić information content (AvgIpc) is 3.34. The second kappa shape index (κ2) is 9.04. The highest BCUT2D eigenvalue weighted by Gasteiger charge is 2.21. The molecule has 0 aliphatic carbocycles. The summed E-state index contributed by atoms with van der Waals surface area (Å²) in [5.74, 6) is 0.896. The zero-order valence-electron chi connectivity index (χ0n) is 17.1. The molecule has 31 heavy (non-hydrogen) atoms. The minimum absolute atomic E-state index is 0.0208. The van der Waals surface area contributed by atoms with Gasteiger partial charge in [-0.15, -0.1) is 11.3 Å². The fourth-order valence-corrected chi connectivity index (χ4v) is 4.34. The number of ether oxygens (including phenoxy) is 4.